The summed E-state index contributed by atoms with van der Waals surface area (Å²) in [6, 6.07) is 7.87. The normalized spacial score (nSPS) is 13.8. The van der Waals surface area contributed by atoms with Gasteiger partial charge in [-0.2, -0.15) is 0 Å². The summed E-state index contributed by atoms with van der Waals surface area (Å²) in [6.45, 7) is 7.63. The predicted molar refractivity (Wildman–Crippen MR) is 81.0 cm³/mol. The third-order valence-corrected chi connectivity index (χ3v) is 3.38. The monoisotopic (exact) mass is 278 g/mol. The summed E-state index contributed by atoms with van der Waals surface area (Å²) in [5.74, 6) is -0.192. The molecule has 0 radical (unpaired) electrons. The van der Waals surface area contributed by atoms with Crippen molar-refractivity contribution in [2.75, 3.05) is 6.61 Å². The highest BCUT2D eigenvalue weighted by atomic mass is 16.5. The van der Waals surface area contributed by atoms with Crippen LogP contribution >= 0.6 is 0 Å². The Morgan fingerprint density at radius 3 is 2.55 bits per heavy atom. The minimum Gasteiger partial charge on any atom is -0.377 e. The molecule has 0 spiro atoms. The van der Waals surface area contributed by atoms with Crippen molar-refractivity contribution in [3.63, 3.8) is 0 Å². The van der Waals surface area contributed by atoms with Crippen LogP contribution in [0.3, 0.4) is 0 Å². The van der Waals surface area contributed by atoms with Gasteiger partial charge in [0.15, 0.2) is 0 Å². The lowest BCUT2D eigenvalue weighted by atomic mass is 10.0. The zero-order chi connectivity index (χ0) is 15.0. The fourth-order valence-corrected chi connectivity index (χ4v) is 1.78. The molecule has 2 unspecified atom stereocenters. The number of hydrogen-bond donors (Lipinski definition) is 2. The van der Waals surface area contributed by atoms with Crippen LogP contribution in [0.25, 0.3) is 0 Å². The van der Waals surface area contributed by atoms with Crippen molar-refractivity contribution in [1.29, 1.82) is 0 Å². The van der Waals surface area contributed by atoms with Gasteiger partial charge >= 0.3 is 0 Å². The van der Waals surface area contributed by atoms with Gasteiger partial charge in [0, 0.05) is 25.1 Å². The molecule has 1 rings (SSSR count). The van der Waals surface area contributed by atoms with Crippen LogP contribution in [0.4, 0.5) is 0 Å². The molecule has 0 bridgehead atoms. The van der Waals surface area contributed by atoms with E-state index in [-0.39, 0.29) is 17.9 Å². The minimum absolute atomic E-state index is 0.00993. The highest BCUT2D eigenvalue weighted by molar-refractivity contribution is 5.78. The smallest absolute Gasteiger partial charge is 0.224 e. The van der Waals surface area contributed by atoms with Gasteiger partial charge in [0.1, 0.15) is 0 Å². The molecule has 0 aromatic heterocycles. The average Bonchev–Trinajstić information content (AvgIpc) is 2.45. The van der Waals surface area contributed by atoms with E-state index in [2.05, 4.69) is 12.2 Å². The molecule has 4 nitrogen and oxygen atoms in total. The van der Waals surface area contributed by atoms with Crippen LogP contribution in [0, 0.1) is 5.92 Å². The Morgan fingerprint density at radius 2 is 1.95 bits per heavy atom. The predicted octanol–water partition coefficient (Wildman–Crippen LogP) is 2.21. The highest BCUT2D eigenvalue weighted by Crippen LogP contribution is 2.11. The molecule has 0 heterocycles. The first kappa shape index (κ1) is 16.7. The second-order valence-corrected chi connectivity index (χ2v) is 5.19. The molecular weight excluding hydrogens is 252 g/mol. The van der Waals surface area contributed by atoms with Crippen molar-refractivity contribution < 1.29 is 9.53 Å². The SMILES string of the molecule is CCCOCc1ccccc1CNC(=O)C(C)C(C)N. The Balaban J connectivity index is 2.56. The second kappa shape index (κ2) is 8.72. The lowest BCUT2D eigenvalue weighted by molar-refractivity contribution is -0.125. The number of rotatable bonds is 8. The summed E-state index contributed by atoms with van der Waals surface area (Å²) in [6.07, 6.45) is 1.00. The summed E-state index contributed by atoms with van der Waals surface area (Å²) in [7, 11) is 0. The molecule has 3 N–H and O–H groups in total. The molecule has 1 aromatic rings. The third kappa shape index (κ3) is 5.31. The number of amides is 1. The average molecular weight is 278 g/mol. The van der Waals surface area contributed by atoms with Gasteiger partial charge in [-0.15, -0.1) is 0 Å². The molecule has 0 aliphatic heterocycles. The zero-order valence-corrected chi connectivity index (χ0v) is 12.7. The lowest BCUT2D eigenvalue weighted by Crippen LogP contribution is -2.38. The first-order chi connectivity index (χ1) is 9.56. The number of hydrogen-bond acceptors (Lipinski definition) is 3. The van der Waals surface area contributed by atoms with E-state index in [0.29, 0.717) is 13.2 Å². The van der Waals surface area contributed by atoms with Gasteiger partial charge in [-0.3, -0.25) is 4.79 Å². The number of nitrogens with two attached hydrogens (primary N) is 1. The fraction of sp³-hybridized carbons (Fsp3) is 0.562. The number of benzene rings is 1. The molecule has 112 valence electrons. The maximum atomic E-state index is 11.9. The van der Waals surface area contributed by atoms with Gasteiger partial charge in [-0.25, -0.2) is 0 Å². The summed E-state index contributed by atoms with van der Waals surface area (Å²) >= 11 is 0. The Labute approximate surface area is 121 Å². The van der Waals surface area contributed by atoms with Crippen molar-refractivity contribution in [2.45, 2.75) is 46.4 Å². The topological polar surface area (TPSA) is 64.3 Å². The zero-order valence-electron chi connectivity index (χ0n) is 12.7. The molecule has 0 aliphatic rings. The van der Waals surface area contributed by atoms with Gasteiger partial charge < -0.3 is 15.8 Å². The van der Waals surface area contributed by atoms with Crippen LogP contribution < -0.4 is 11.1 Å². The quantitative estimate of drug-likeness (QED) is 0.717. The number of carbonyl (C=O) groups is 1. The van der Waals surface area contributed by atoms with Crippen molar-refractivity contribution in [2.24, 2.45) is 11.7 Å². The van der Waals surface area contributed by atoms with Gasteiger partial charge in [-0.05, 0) is 24.5 Å². The Kier molecular flexibility index (Phi) is 7.26. The van der Waals surface area contributed by atoms with E-state index in [1.54, 1.807) is 0 Å². The van der Waals surface area contributed by atoms with Crippen molar-refractivity contribution >= 4 is 5.91 Å². The van der Waals surface area contributed by atoms with Crippen LogP contribution in [-0.4, -0.2) is 18.6 Å². The lowest BCUT2D eigenvalue weighted by Gasteiger charge is -2.16. The van der Waals surface area contributed by atoms with Gasteiger partial charge in [0.05, 0.1) is 6.61 Å². The first-order valence-corrected chi connectivity index (χ1v) is 7.24. The summed E-state index contributed by atoms with van der Waals surface area (Å²) in [4.78, 5) is 11.9. The molecule has 20 heavy (non-hydrogen) atoms. The van der Waals surface area contributed by atoms with Crippen LogP contribution in [0.15, 0.2) is 24.3 Å². The van der Waals surface area contributed by atoms with Crippen LogP contribution in [0.2, 0.25) is 0 Å². The summed E-state index contributed by atoms with van der Waals surface area (Å²) < 4.78 is 5.57. The Bertz CT molecular complexity index is 419. The van der Waals surface area contributed by atoms with Crippen molar-refractivity contribution in [1.82, 2.24) is 5.32 Å². The summed E-state index contributed by atoms with van der Waals surface area (Å²) in [5, 5.41) is 2.94. The van der Waals surface area contributed by atoms with Gasteiger partial charge in [0.2, 0.25) is 5.91 Å². The molecule has 0 fully saturated rings. The van der Waals surface area contributed by atoms with E-state index < -0.39 is 0 Å². The number of nitrogens with one attached hydrogen (secondary N) is 1. The molecule has 0 aliphatic carbocycles. The van der Waals surface area contributed by atoms with E-state index >= 15 is 0 Å². The van der Waals surface area contributed by atoms with Gasteiger partial charge in [0.25, 0.3) is 0 Å². The molecule has 0 saturated carbocycles. The standard InChI is InChI=1S/C16H26N2O2/c1-4-9-20-11-15-8-6-5-7-14(15)10-18-16(19)12(2)13(3)17/h5-8,12-13H,4,9-11,17H2,1-3H3,(H,18,19). The maximum absolute atomic E-state index is 11.9. The van der Waals surface area contributed by atoms with Crippen LogP contribution in [0.1, 0.15) is 38.3 Å². The summed E-state index contributed by atoms with van der Waals surface area (Å²) in [5.41, 5.74) is 7.95. The van der Waals surface area contributed by atoms with Crippen molar-refractivity contribution in [3.8, 4) is 0 Å². The molecule has 2 atom stereocenters. The highest BCUT2D eigenvalue weighted by Gasteiger charge is 2.16. The van der Waals surface area contributed by atoms with E-state index in [1.807, 2.05) is 38.1 Å². The first-order valence-electron chi connectivity index (χ1n) is 7.24. The largest absolute Gasteiger partial charge is 0.377 e. The number of carbonyl (C=O) groups excluding carboxylic acids is 1. The fourth-order valence-electron chi connectivity index (χ4n) is 1.78. The molecule has 4 heteroatoms. The third-order valence-electron chi connectivity index (χ3n) is 3.38. The molecule has 0 saturated heterocycles. The molecule has 1 amide bonds. The van der Waals surface area contributed by atoms with Crippen LogP contribution in [-0.2, 0) is 22.7 Å². The Morgan fingerprint density at radius 1 is 1.30 bits per heavy atom. The van der Waals surface area contributed by atoms with E-state index in [1.165, 1.54) is 0 Å². The minimum atomic E-state index is -0.182. The number of ether oxygens (including phenoxy) is 1. The second-order valence-electron chi connectivity index (χ2n) is 5.19. The van der Waals surface area contributed by atoms with E-state index in [0.717, 1.165) is 24.2 Å². The van der Waals surface area contributed by atoms with Crippen molar-refractivity contribution in [3.05, 3.63) is 35.4 Å². The maximum Gasteiger partial charge on any atom is 0.224 e. The van der Waals surface area contributed by atoms with E-state index in [4.69, 9.17) is 10.5 Å². The molecule has 1 aromatic carbocycles. The molecular formula is C16H26N2O2. The Hall–Kier alpha value is -1.39. The van der Waals surface area contributed by atoms with Gasteiger partial charge in [-0.1, -0.05) is 38.1 Å². The van der Waals surface area contributed by atoms with Crippen LogP contribution in [0.5, 0.6) is 0 Å². The van der Waals surface area contributed by atoms with E-state index in [9.17, 15) is 4.79 Å².